The molecule has 0 spiro atoms. The van der Waals surface area contributed by atoms with Crippen LogP contribution in [0, 0.1) is 0 Å². The van der Waals surface area contributed by atoms with Crippen LogP contribution in [0.3, 0.4) is 0 Å². The van der Waals surface area contributed by atoms with Gasteiger partial charge >= 0.3 is 0 Å². The minimum atomic E-state index is 0.420. The Labute approximate surface area is 162 Å². The third-order valence-corrected chi connectivity index (χ3v) is 5.81. The summed E-state index contributed by atoms with van der Waals surface area (Å²) < 4.78 is 0. The maximum absolute atomic E-state index is 4.78. The first-order chi connectivity index (χ1) is 13.3. The number of allylic oxidation sites excluding steroid dienone is 1. The molecule has 1 N–H and O–H groups in total. The third kappa shape index (κ3) is 4.28. The van der Waals surface area contributed by atoms with Crippen LogP contribution in [-0.2, 0) is 19.4 Å². The van der Waals surface area contributed by atoms with E-state index < -0.39 is 0 Å². The lowest BCUT2D eigenvalue weighted by Gasteiger charge is -2.37. The van der Waals surface area contributed by atoms with E-state index in [1.165, 1.54) is 35.4 Å². The number of nitrogens with zero attached hydrogens (tertiary/aromatic N) is 3. The van der Waals surface area contributed by atoms with Crippen molar-refractivity contribution in [1.29, 1.82) is 0 Å². The second-order valence-electron chi connectivity index (χ2n) is 7.68. The molecule has 1 aliphatic carbocycles. The molecule has 0 amide bonds. The molecule has 4 rings (SSSR count). The van der Waals surface area contributed by atoms with Gasteiger partial charge < -0.3 is 5.32 Å². The Kier molecular flexibility index (Phi) is 5.95. The zero-order valence-corrected chi connectivity index (χ0v) is 16.3. The quantitative estimate of drug-likeness (QED) is 0.793. The first-order valence-electron chi connectivity index (χ1n) is 10.3. The van der Waals surface area contributed by atoms with E-state index in [1.54, 1.807) is 0 Å². The van der Waals surface area contributed by atoms with Crippen molar-refractivity contribution in [3.8, 4) is 0 Å². The molecule has 0 saturated carbocycles. The summed E-state index contributed by atoms with van der Waals surface area (Å²) in [5, 5.41) is 3.73. The number of pyridine rings is 2. The fourth-order valence-electron chi connectivity index (χ4n) is 4.43. The van der Waals surface area contributed by atoms with Crippen LogP contribution in [0.25, 0.3) is 0 Å². The SMILES string of the molecule is CC/C=C\CN(C[C@H]1Cc2ncccc2CN1)[C@H]1CCCc2cccnc21. The summed E-state index contributed by atoms with van der Waals surface area (Å²) in [7, 11) is 0. The summed E-state index contributed by atoms with van der Waals surface area (Å²) in [5.74, 6) is 0. The summed E-state index contributed by atoms with van der Waals surface area (Å²) in [6.45, 7) is 5.14. The lowest BCUT2D eigenvalue weighted by Crippen LogP contribution is -2.46. The zero-order chi connectivity index (χ0) is 18.5. The number of hydrogen-bond acceptors (Lipinski definition) is 4. The van der Waals surface area contributed by atoms with E-state index in [-0.39, 0.29) is 0 Å². The topological polar surface area (TPSA) is 41.1 Å². The van der Waals surface area contributed by atoms with E-state index in [4.69, 9.17) is 4.98 Å². The van der Waals surface area contributed by atoms with E-state index in [0.717, 1.165) is 38.9 Å². The van der Waals surface area contributed by atoms with Gasteiger partial charge in [0.15, 0.2) is 0 Å². The van der Waals surface area contributed by atoms with E-state index in [9.17, 15) is 0 Å². The van der Waals surface area contributed by atoms with Crippen LogP contribution in [0.5, 0.6) is 0 Å². The van der Waals surface area contributed by atoms with Gasteiger partial charge in [0, 0.05) is 50.2 Å². The van der Waals surface area contributed by atoms with Crippen molar-refractivity contribution in [2.24, 2.45) is 0 Å². The van der Waals surface area contributed by atoms with E-state index in [0.29, 0.717) is 12.1 Å². The van der Waals surface area contributed by atoms with E-state index in [2.05, 4.69) is 52.5 Å². The van der Waals surface area contributed by atoms with Crippen LogP contribution in [0.15, 0.2) is 48.8 Å². The van der Waals surface area contributed by atoms with E-state index in [1.807, 2.05) is 18.5 Å². The summed E-state index contributed by atoms with van der Waals surface area (Å²) in [5.41, 5.74) is 5.33. The molecule has 4 heteroatoms. The summed E-state index contributed by atoms with van der Waals surface area (Å²) in [6.07, 6.45) is 14.2. The van der Waals surface area contributed by atoms with Crippen LogP contribution in [0.4, 0.5) is 0 Å². The number of aromatic nitrogens is 2. The molecule has 2 aliphatic rings. The summed E-state index contributed by atoms with van der Waals surface area (Å²) in [4.78, 5) is 12.0. The maximum atomic E-state index is 4.78. The normalized spacial score (nSPS) is 22.0. The Morgan fingerprint density at radius 1 is 1.15 bits per heavy atom. The standard InChI is InChI=1S/C23H30N4/c1-2-3-4-14-27(22-11-5-8-18-9-6-13-25-23(18)22)17-20-15-21-19(16-26-20)10-7-12-24-21/h3-4,6-7,9-10,12-13,20,22,26H,2,5,8,11,14-17H2,1H3/b4-3-/t20-,22+/m1/s1. The van der Waals surface area contributed by atoms with Gasteiger partial charge in [0.2, 0.25) is 0 Å². The predicted octanol–water partition coefficient (Wildman–Crippen LogP) is 3.84. The highest BCUT2D eigenvalue weighted by Crippen LogP contribution is 2.33. The Balaban J connectivity index is 1.53. The second kappa shape index (κ2) is 8.77. The molecule has 1 aliphatic heterocycles. The molecule has 0 unspecified atom stereocenters. The van der Waals surface area contributed by atoms with Crippen molar-refractivity contribution in [1.82, 2.24) is 20.2 Å². The van der Waals surface area contributed by atoms with E-state index >= 15 is 0 Å². The van der Waals surface area contributed by atoms with Crippen molar-refractivity contribution in [2.45, 2.75) is 57.7 Å². The van der Waals surface area contributed by atoms with Gasteiger partial charge in [0.1, 0.15) is 0 Å². The molecule has 0 radical (unpaired) electrons. The van der Waals surface area contributed by atoms with Crippen molar-refractivity contribution in [3.63, 3.8) is 0 Å². The monoisotopic (exact) mass is 362 g/mol. The number of nitrogens with one attached hydrogen (secondary N) is 1. The smallest absolute Gasteiger partial charge is 0.0607 e. The molecule has 4 nitrogen and oxygen atoms in total. The zero-order valence-electron chi connectivity index (χ0n) is 16.3. The van der Waals surface area contributed by atoms with Crippen molar-refractivity contribution in [2.75, 3.05) is 13.1 Å². The second-order valence-corrected chi connectivity index (χ2v) is 7.68. The molecule has 142 valence electrons. The van der Waals surface area contributed by atoms with Gasteiger partial charge in [-0.1, -0.05) is 31.2 Å². The Bertz CT molecular complexity index is 785. The van der Waals surface area contributed by atoms with Gasteiger partial charge in [0.25, 0.3) is 0 Å². The minimum absolute atomic E-state index is 0.420. The van der Waals surface area contributed by atoms with Crippen LogP contribution in [-0.4, -0.2) is 34.0 Å². The van der Waals surface area contributed by atoms with Gasteiger partial charge in [-0.15, -0.1) is 0 Å². The Morgan fingerprint density at radius 2 is 2.00 bits per heavy atom. The average molecular weight is 363 g/mol. The Hall–Kier alpha value is -2.04. The van der Waals surface area contributed by atoms with Gasteiger partial charge in [-0.05, 0) is 48.9 Å². The fraction of sp³-hybridized carbons (Fsp3) is 0.478. The van der Waals surface area contributed by atoms with Crippen LogP contribution < -0.4 is 5.32 Å². The Morgan fingerprint density at radius 3 is 2.89 bits per heavy atom. The van der Waals surface area contributed by atoms with Crippen LogP contribution in [0.1, 0.15) is 54.7 Å². The molecule has 3 heterocycles. The van der Waals surface area contributed by atoms with Gasteiger partial charge in [-0.3, -0.25) is 14.9 Å². The summed E-state index contributed by atoms with van der Waals surface area (Å²) >= 11 is 0. The van der Waals surface area contributed by atoms with Gasteiger partial charge in [-0.25, -0.2) is 0 Å². The molecule has 2 atom stereocenters. The first-order valence-corrected chi connectivity index (χ1v) is 10.3. The molecule has 2 aromatic heterocycles. The van der Waals surface area contributed by atoms with Crippen LogP contribution >= 0.6 is 0 Å². The van der Waals surface area contributed by atoms with Crippen molar-refractivity contribution < 1.29 is 0 Å². The number of fused-ring (bicyclic) bond motifs is 2. The average Bonchev–Trinajstić information content (AvgIpc) is 2.73. The third-order valence-electron chi connectivity index (χ3n) is 5.81. The van der Waals surface area contributed by atoms with Gasteiger partial charge in [0.05, 0.1) is 11.7 Å². The van der Waals surface area contributed by atoms with Crippen LogP contribution in [0.2, 0.25) is 0 Å². The fourth-order valence-corrected chi connectivity index (χ4v) is 4.43. The highest BCUT2D eigenvalue weighted by atomic mass is 15.2. The van der Waals surface area contributed by atoms with Crippen molar-refractivity contribution in [3.05, 3.63) is 71.3 Å². The molecule has 0 fully saturated rings. The molecule has 0 saturated heterocycles. The largest absolute Gasteiger partial charge is 0.308 e. The highest BCUT2D eigenvalue weighted by molar-refractivity contribution is 5.26. The highest BCUT2D eigenvalue weighted by Gasteiger charge is 2.29. The number of hydrogen-bond donors (Lipinski definition) is 1. The lowest BCUT2D eigenvalue weighted by atomic mass is 9.90. The molecular formula is C23H30N4. The molecule has 0 aromatic carbocycles. The molecular weight excluding hydrogens is 332 g/mol. The maximum Gasteiger partial charge on any atom is 0.0607 e. The van der Waals surface area contributed by atoms with Gasteiger partial charge in [-0.2, -0.15) is 0 Å². The number of rotatable bonds is 6. The summed E-state index contributed by atoms with van der Waals surface area (Å²) in [6, 6.07) is 9.42. The first kappa shape index (κ1) is 18.3. The number of aryl methyl sites for hydroxylation is 1. The molecule has 2 aromatic rings. The minimum Gasteiger partial charge on any atom is -0.308 e. The molecule has 27 heavy (non-hydrogen) atoms. The lowest BCUT2D eigenvalue weighted by molar-refractivity contribution is 0.170. The predicted molar refractivity (Wildman–Crippen MR) is 109 cm³/mol. The molecule has 0 bridgehead atoms. The van der Waals surface area contributed by atoms with Crippen molar-refractivity contribution >= 4 is 0 Å².